The Balaban J connectivity index is 2.43. The summed E-state index contributed by atoms with van der Waals surface area (Å²) in [4.78, 5) is 23.2. The van der Waals surface area contributed by atoms with Crippen LogP contribution < -0.4 is 0 Å². The highest BCUT2D eigenvalue weighted by Crippen LogP contribution is 2.34. The van der Waals surface area contributed by atoms with Gasteiger partial charge >= 0.3 is 5.97 Å². The van der Waals surface area contributed by atoms with E-state index in [1.165, 1.54) is 13.2 Å². The molecular formula is C21H30O4S2. The Morgan fingerprint density at radius 3 is 2.93 bits per heavy atom. The minimum atomic E-state index is -0.584. The molecule has 150 valence electrons. The molecule has 0 unspecified atom stereocenters. The Morgan fingerprint density at radius 1 is 1.44 bits per heavy atom. The molecule has 6 heteroatoms. The maximum absolute atomic E-state index is 12.2. The van der Waals surface area contributed by atoms with E-state index in [1.54, 1.807) is 29.6 Å². The van der Waals surface area contributed by atoms with Gasteiger partial charge in [-0.1, -0.05) is 26.0 Å². The van der Waals surface area contributed by atoms with Crippen LogP contribution in [0.15, 0.2) is 23.6 Å². The summed E-state index contributed by atoms with van der Waals surface area (Å²) in [5.41, 5.74) is 0. The second-order valence-electron chi connectivity index (χ2n) is 6.40. The third-order valence-electron chi connectivity index (χ3n) is 4.28. The first kappa shape index (κ1) is 23.9. The minimum Gasteiger partial charge on any atom is -0.466 e. The molecule has 0 spiro atoms. The third kappa shape index (κ3) is 9.55. The lowest BCUT2D eigenvalue weighted by molar-refractivity contribution is -0.134. The van der Waals surface area contributed by atoms with Crippen molar-refractivity contribution < 1.29 is 19.4 Å². The molecule has 1 aliphatic carbocycles. The van der Waals surface area contributed by atoms with Crippen LogP contribution in [0, 0.1) is 23.7 Å². The quantitative estimate of drug-likeness (QED) is 0.255. The van der Waals surface area contributed by atoms with Crippen LogP contribution in [0.1, 0.15) is 39.5 Å². The zero-order valence-electron chi connectivity index (χ0n) is 16.3. The highest BCUT2D eigenvalue weighted by Gasteiger charge is 2.39. The number of hydrogen-bond acceptors (Lipinski definition) is 6. The average Bonchev–Trinajstić information content (AvgIpc) is 2.91. The molecule has 0 aromatic rings. The van der Waals surface area contributed by atoms with E-state index in [-0.39, 0.29) is 30.0 Å². The third-order valence-corrected chi connectivity index (χ3v) is 6.18. The number of aliphatic hydroxyl groups is 1. The molecule has 27 heavy (non-hydrogen) atoms. The summed E-state index contributed by atoms with van der Waals surface area (Å²) in [5, 5.41) is 12.6. The number of rotatable bonds is 10. The summed E-state index contributed by atoms with van der Waals surface area (Å²) in [6.45, 7) is 4.17. The van der Waals surface area contributed by atoms with Gasteiger partial charge in [0.25, 0.3) is 0 Å². The summed E-state index contributed by atoms with van der Waals surface area (Å²) < 4.78 is 4.54. The first-order valence-electron chi connectivity index (χ1n) is 9.30. The molecule has 0 aromatic carbocycles. The first-order chi connectivity index (χ1) is 13.0. The Morgan fingerprint density at radius 2 is 2.22 bits per heavy atom. The number of carbonyl (C=O) groups excluding carboxylic acids is 2. The van der Waals surface area contributed by atoms with Gasteiger partial charge in [0, 0.05) is 48.2 Å². The monoisotopic (exact) mass is 410 g/mol. The molecule has 0 radical (unpaired) electrons. The van der Waals surface area contributed by atoms with Gasteiger partial charge in [0.15, 0.2) is 0 Å². The second kappa shape index (κ2) is 13.9. The topological polar surface area (TPSA) is 63.6 Å². The average molecular weight is 411 g/mol. The molecule has 0 amide bonds. The van der Waals surface area contributed by atoms with Crippen molar-refractivity contribution in [3.63, 3.8) is 0 Å². The molecular weight excluding hydrogens is 380 g/mol. The molecule has 0 aliphatic heterocycles. The fraction of sp³-hybridized carbons (Fsp3) is 0.619. The van der Waals surface area contributed by atoms with Crippen molar-refractivity contribution in [1.29, 1.82) is 0 Å². The maximum Gasteiger partial charge on any atom is 0.330 e. The maximum atomic E-state index is 12.2. The van der Waals surface area contributed by atoms with Crippen LogP contribution in [0.5, 0.6) is 0 Å². The normalized spacial score (nSPS) is 23.6. The molecule has 0 heterocycles. The van der Waals surface area contributed by atoms with Crippen LogP contribution in [0.4, 0.5) is 0 Å². The Kier molecular flexibility index (Phi) is 12.3. The summed E-state index contributed by atoms with van der Waals surface area (Å²) in [6.07, 6.45) is 7.29. The summed E-state index contributed by atoms with van der Waals surface area (Å²) in [6, 6.07) is 0. The molecule has 1 saturated carbocycles. The van der Waals surface area contributed by atoms with Crippen LogP contribution in [0.2, 0.25) is 0 Å². The van der Waals surface area contributed by atoms with Crippen LogP contribution >= 0.6 is 23.5 Å². The lowest BCUT2D eigenvalue weighted by Gasteiger charge is -2.17. The van der Waals surface area contributed by atoms with Crippen LogP contribution in [-0.2, 0) is 14.3 Å². The zero-order valence-corrected chi connectivity index (χ0v) is 18.0. The number of esters is 1. The van der Waals surface area contributed by atoms with Gasteiger partial charge in [0.05, 0.1) is 13.2 Å². The van der Waals surface area contributed by atoms with Gasteiger partial charge in [0.2, 0.25) is 0 Å². The van der Waals surface area contributed by atoms with Crippen molar-refractivity contribution in [2.75, 3.05) is 18.6 Å². The number of ether oxygens (including phenoxy) is 1. The van der Waals surface area contributed by atoms with E-state index in [1.807, 2.05) is 18.4 Å². The van der Waals surface area contributed by atoms with E-state index in [2.05, 4.69) is 23.5 Å². The lowest BCUT2D eigenvalue weighted by atomic mass is 9.92. The van der Waals surface area contributed by atoms with E-state index in [4.69, 9.17) is 0 Å². The number of carbonyl (C=O) groups is 2. The van der Waals surface area contributed by atoms with Gasteiger partial charge in [-0.05, 0) is 17.6 Å². The SMILES string of the molecule is CCC#CC[C@H](C)S/C=C/[C@H]1[C@H](O)CC(=O)[C@@H]1CCSC/C=C/C(=O)OC. The summed E-state index contributed by atoms with van der Waals surface area (Å²) >= 11 is 3.36. The van der Waals surface area contributed by atoms with Gasteiger partial charge < -0.3 is 9.84 Å². The molecule has 1 N–H and O–H groups in total. The van der Waals surface area contributed by atoms with Crippen molar-refractivity contribution in [3.8, 4) is 11.8 Å². The molecule has 1 rings (SSSR count). The Bertz CT molecular complexity index is 589. The van der Waals surface area contributed by atoms with Crippen molar-refractivity contribution in [3.05, 3.63) is 23.6 Å². The number of thioether (sulfide) groups is 2. The van der Waals surface area contributed by atoms with E-state index in [0.29, 0.717) is 11.0 Å². The number of hydrogen-bond donors (Lipinski definition) is 1. The van der Waals surface area contributed by atoms with Crippen molar-refractivity contribution in [1.82, 2.24) is 0 Å². The molecule has 0 saturated heterocycles. The van der Waals surface area contributed by atoms with Crippen LogP contribution in [-0.4, -0.2) is 46.8 Å². The summed E-state index contributed by atoms with van der Waals surface area (Å²) in [7, 11) is 1.35. The van der Waals surface area contributed by atoms with Crippen molar-refractivity contribution >= 4 is 35.3 Å². The zero-order chi connectivity index (χ0) is 20.1. The molecule has 1 fully saturated rings. The van der Waals surface area contributed by atoms with Gasteiger partial charge in [-0.3, -0.25) is 4.79 Å². The standard InChI is InChI=1S/C21H30O4S2/c1-4-5-6-8-16(2)27-14-11-18-17(19(22)15-20(18)23)10-13-26-12-7-9-21(24)25-3/h7,9,11,14,16-18,20,23H,4,8,10,12-13,15H2,1-3H3/b9-7+,14-11+/t16-,17+,18+,20+/m0/s1. The van der Waals surface area contributed by atoms with Crippen LogP contribution in [0.3, 0.4) is 0 Å². The predicted octanol–water partition coefficient (Wildman–Crippen LogP) is 3.84. The Labute approximate surface area is 171 Å². The van der Waals surface area contributed by atoms with Gasteiger partial charge in [-0.15, -0.1) is 23.6 Å². The molecule has 0 aromatic heterocycles. The molecule has 1 aliphatic rings. The first-order valence-corrected chi connectivity index (χ1v) is 11.4. The number of ketones is 1. The highest BCUT2D eigenvalue weighted by molar-refractivity contribution is 8.02. The smallest absolute Gasteiger partial charge is 0.330 e. The van der Waals surface area contributed by atoms with E-state index in [0.717, 1.165) is 25.0 Å². The second-order valence-corrected chi connectivity index (χ2v) is 8.90. The Hall–Kier alpha value is -1.16. The van der Waals surface area contributed by atoms with Crippen LogP contribution in [0.25, 0.3) is 0 Å². The summed E-state index contributed by atoms with van der Waals surface area (Å²) in [5.74, 6) is 7.30. The number of aliphatic hydroxyl groups excluding tert-OH is 1. The predicted molar refractivity (Wildman–Crippen MR) is 115 cm³/mol. The molecule has 4 nitrogen and oxygen atoms in total. The van der Waals surface area contributed by atoms with Gasteiger partial charge in [-0.2, -0.15) is 11.8 Å². The number of methoxy groups -OCH3 is 1. The van der Waals surface area contributed by atoms with E-state index in [9.17, 15) is 14.7 Å². The minimum absolute atomic E-state index is 0.106. The lowest BCUT2D eigenvalue weighted by Crippen LogP contribution is -2.19. The highest BCUT2D eigenvalue weighted by atomic mass is 32.2. The molecule has 4 atom stereocenters. The molecule has 0 bridgehead atoms. The van der Waals surface area contributed by atoms with Gasteiger partial charge in [0.1, 0.15) is 5.78 Å². The van der Waals surface area contributed by atoms with E-state index >= 15 is 0 Å². The largest absolute Gasteiger partial charge is 0.466 e. The fourth-order valence-electron chi connectivity index (χ4n) is 2.83. The number of Topliss-reactive ketones (excluding diaryl/α,β-unsaturated/α-hetero) is 1. The van der Waals surface area contributed by atoms with Crippen molar-refractivity contribution in [2.24, 2.45) is 11.8 Å². The van der Waals surface area contributed by atoms with Gasteiger partial charge in [-0.25, -0.2) is 4.79 Å². The fourth-order valence-corrected chi connectivity index (χ4v) is 4.37. The van der Waals surface area contributed by atoms with Crippen molar-refractivity contribution in [2.45, 2.75) is 50.9 Å². The van der Waals surface area contributed by atoms with E-state index < -0.39 is 6.10 Å².